The lowest BCUT2D eigenvalue weighted by Gasteiger charge is -2.11. The minimum atomic E-state index is -0.286. The Morgan fingerprint density at radius 1 is 1.47 bits per heavy atom. The minimum Gasteiger partial charge on any atom is -0.286 e. The van der Waals surface area contributed by atoms with Gasteiger partial charge in [0, 0.05) is 17.9 Å². The Labute approximate surface area is 110 Å². The maximum absolute atomic E-state index is 10.8. The van der Waals surface area contributed by atoms with Crippen molar-refractivity contribution in [3.05, 3.63) is 34.3 Å². The van der Waals surface area contributed by atoms with Crippen molar-refractivity contribution >= 4 is 21.8 Å². The third-order valence-electron chi connectivity index (χ3n) is 3.30. The Kier molecular flexibility index (Phi) is 3.84. The summed E-state index contributed by atoms with van der Waals surface area (Å²) in [5, 5.41) is 10.1. The van der Waals surface area contributed by atoms with Gasteiger partial charge in [-0.05, 0) is 42.4 Å². The van der Waals surface area contributed by atoms with Crippen molar-refractivity contribution in [1.82, 2.24) is 5.06 Å². The van der Waals surface area contributed by atoms with Crippen LogP contribution in [0.3, 0.4) is 0 Å². The van der Waals surface area contributed by atoms with Crippen molar-refractivity contribution in [2.24, 2.45) is 5.92 Å². The summed E-state index contributed by atoms with van der Waals surface area (Å²) in [6.07, 6.45) is 2.03. The van der Waals surface area contributed by atoms with Crippen LogP contribution in [0.4, 0.5) is 0 Å². The molecule has 1 aliphatic rings. The lowest BCUT2D eigenvalue weighted by atomic mass is 10.1. The molecule has 0 radical (unpaired) electrons. The number of rotatable bonds is 4. The van der Waals surface area contributed by atoms with E-state index in [2.05, 4.69) is 40.2 Å². The minimum absolute atomic E-state index is 0.286. The predicted octanol–water partition coefficient (Wildman–Crippen LogP) is 3.18. The fourth-order valence-electron chi connectivity index (χ4n) is 2.13. The molecule has 2 unspecified atom stereocenters. The van der Waals surface area contributed by atoms with E-state index in [0.29, 0.717) is 18.4 Å². The Morgan fingerprint density at radius 3 is 2.71 bits per heavy atom. The van der Waals surface area contributed by atoms with E-state index in [-0.39, 0.29) is 5.91 Å². The zero-order valence-corrected chi connectivity index (χ0v) is 11.4. The van der Waals surface area contributed by atoms with Crippen molar-refractivity contribution in [1.29, 1.82) is 0 Å². The van der Waals surface area contributed by atoms with E-state index in [4.69, 9.17) is 0 Å². The number of hydrogen-bond donors (Lipinski definition) is 1. The molecule has 2 rings (SSSR count). The first kappa shape index (κ1) is 12.6. The summed E-state index contributed by atoms with van der Waals surface area (Å²) in [5.74, 6) is 0.916. The second-order valence-electron chi connectivity index (χ2n) is 4.58. The molecule has 17 heavy (non-hydrogen) atoms. The number of benzene rings is 1. The van der Waals surface area contributed by atoms with Gasteiger partial charge in [-0.15, -0.1) is 0 Å². The third kappa shape index (κ3) is 3.30. The summed E-state index contributed by atoms with van der Waals surface area (Å²) < 4.78 is 1.09. The highest BCUT2D eigenvalue weighted by Gasteiger charge is 2.37. The van der Waals surface area contributed by atoms with E-state index in [1.54, 1.807) is 0 Å². The molecule has 1 saturated carbocycles. The molecule has 1 aliphatic carbocycles. The van der Waals surface area contributed by atoms with E-state index in [9.17, 15) is 10.0 Å². The molecule has 1 N–H and O–H groups in total. The highest BCUT2D eigenvalue weighted by molar-refractivity contribution is 9.10. The SMILES string of the molecule is CC(=O)N(O)CCC1CC1c1ccc(Br)cc1. The van der Waals surface area contributed by atoms with Crippen LogP contribution in [0.15, 0.2) is 28.7 Å². The lowest BCUT2D eigenvalue weighted by Crippen LogP contribution is -2.25. The van der Waals surface area contributed by atoms with E-state index in [0.717, 1.165) is 22.4 Å². The van der Waals surface area contributed by atoms with E-state index >= 15 is 0 Å². The van der Waals surface area contributed by atoms with Crippen molar-refractivity contribution in [2.75, 3.05) is 6.54 Å². The van der Waals surface area contributed by atoms with Crippen molar-refractivity contribution in [3.8, 4) is 0 Å². The Morgan fingerprint density at radius 2 is 2.12 bits per heavy atom. The summed E-state index contributed by atoms with van der Waals surface area (Å²) in [7, 11) is 0. The highest BCUT2D eigenvalue weighted by Crippen LogP contribution is 2.49. The van der Waals surface area contributed by atoms with Gasteiger partial charge in [-0.25, -0.2) is 5.06 Å². The van der Waals surface area contributed by atoms with Crippen molar-refractivity contribution in [3.63, 3.8) is 0 Å². The zero-order valence-electron chi connectivity index (χ0n) is 9.77. The number of carbonyl (C=O) groups excluding carboxylic acids is 1. The van der Waals surface area contributed by atoms with E-state index in [1.807, 2.05) is 0 Å². The van der Waals surface area contributed by atoms with Gasteiger partial charge in [0.15, 0.2) is 0 Å². The fraction of sp³-hybridized carbons (Fsp3) is 0.462. The molecule has 0 aliphatic heterocycles. The molecule has 0 spiro atoms. The molecule has 0 heterocycles. The first-order chi connectivity index (χ1) is 8.08. The number of hydrogen-bond acceptors (Lipinski definition) is 2. The second-order valence-corrected chi connectivity index (χ2v) is 5.50. The Bertz CT molecular complexity index is 404. The molecule has 1 aromatic rings. The van der Waals surface area contributed by atoms with Gasteiger partial charge in [0.2, 0.25) is 5.91 Å². The van der Waals surface area contributed by atoms with Crippen LogP contribution in [-0.2, 0) is 4.79 Å². The summed E-state index contributed by atoms with van der Waals surface area (Å²) in [4.78, 5) is 10.8. The summed E-state index contributed by atoms with van der Waals surface area (Å²) in [6.45, 7) is 1.81. The van der Waals surface area contributed by atoms with Crippen LogP contribution in [0.25, 0.3) is 0 Å². The molecule has 2 atom stereocenters. The van der Waals surface area contributed by atoms with Gasteiger partial charge in [0.05, 0.1) is 0 Å². The van der Waals surface area contributed by atoms with Gasteiger partial charge < -0.3 is 0 Å². The zero-order chi connectivity index (χ0) is 12.4. The van der Waals surface area contributed by atoms with Crippen LogP contribution >= 0.6 is 15.9 Å². The quantitative estimate of drug-likeness (QED) is 0.685. The second kappa shape index (κ2) is 5.19. The van der Waals surface area contributed by atoms with Crippen molar-refractivity contribution in [2.45, 2.75) is 25.7 Å². The molecular weight excluding hydrogens is 282 g/mol. The molecule has 92 valence electrons. The molecule has 1 aromatic carbocycles. The van der Waals surface area contributed by atoms with Crippen LogP contribution in [0, 0.1) is 5.92 Å². The van der Waals surface area contributed by atoms with Crippen LogP contribution in [0.2, 0.25) is 0 Å². The van der Waals surface area contributed by atoms with Gasteiger partial charge in [-0.1, -0.05) is 28.1 Å². The van der Waals surface area contributed by atoms with Crippen LogP contribution in [0.1, 0.15) is 31.2 Å². The Hall–Kier alpha value is -0.870. The molecular formula is C13H16BrNO2. The topological polar surface area (TPSA) is 40.5 Å². The first-order valence-corrected chi connectivity index (χ1v) is 6.59. The molecule has 1 amide bonds. The van der Waals surface area contributed by atoms with Gasteiger partial charge in [-0.2, -0.15) is 0 Å². The summed E-state index contributed by atoms with van der Waals surface area (Å²) in [6, 6.07) is 8.38. The number of carbonyl (C=O) groups is 1. The van der Waals surface area contributed by atoms with Crippen LogP contribution in [0.5, 0.6) is 0 Å². The standard InChI is InChI=1S/C13H16BrNO2/c1-9(16)15(17)7-6-11-8-13(11)10-2-4-12(14)5-3-10/h2-5,11,13,17H,6-8H2,1H3. The van der Waals surface area contributed by atoms with Gasteiger partial charge in [0.25, 0.3) is 0 Å². The number of hydroxylamine groups is 2. The number of amides is 1. The summed E-state index contributed by atoms with van der Waals surface area (Å²) >= 11 is 3.42. The number of nitrogens with zero attached hydrogens (tertiary/aromatic N) is 1. The van der Waals surface area contributed by atoms with Gasteiger partial charge >= 0.3 is 0 Å². The molecule has 0 saturated heterocycles. The van der Waals surface area contributed by atoms with Crippen LogP contribution < -0.4 is 0 Å². The smallest absolute Gasteiger partial charge is 0.242 e. The number of halogens is 1. The Balaban J connectivity index is 1.81. The monoisotopic (exact) mass is 297 g/mol. The third-order valence-corrected chi connectivity index (χ3v) is 3.82. The predicted molar refractivity (Wildman–Crippen MR) is 68.8 cm³/mol. The average Bonchev–Trinajstić information content (AvgIpc) is 3.06. The molecule has 0 aromatic heterocycles. The summed E-state index contributed by atoms with van der Waals surface area (Å²) in [5.41, 5.74) is 1.35. The lowest BCUT2D eigenvalue weighted by molar-refractivity contribution is -0.163. The van der Waals surface area contributed by atoms with Crippen molar-refractivity contribution < 1.29 is 10.0 Å². The maximum atomic E-state index is 10.8. The first-order valence-electron chi connectivity index (χ1n) is 5.80. The van der Waals surface area contributed by atoms with Gasteiger partial charge in [-0.3, -0.25) is 10.0 Å². The molecule has 0 bridgehead atoms. The maximum Gasteiger partial charge on any atom is 0.242 e. The normalized spacial score (nSPS) is 22.3. The highest BCUT2D eigenvalue weighted by atomic mass is 79.9. The van der Waals surface area contributed by atoms with E-state index < -0.39 is 0 Å². The van der Waals surface area contributed by atoms with E-state index in [1.165, 1.54) is 12.5 Å². The largest absolute Gasteiger partial charge is 0.286 e. The fourth-order valence-corrected chi connectivity index (χ4v) is 2.39. The molecule has 1 fully saturated rings. The molecule has 4 heteroatoms. The molecule has 3 nitrogen and oxygen atoms in total. The average molecular weight is 298 g/mol. The van der Waals surface area contributed by atoms with Gasteiger partial charge in [0.1, 0.15) is 0 Å². The van der Waals surface area contributed by atoms with Crippen LogP contribution in [-0.4, -0.2) is 22.7 Å².